The molecule has 3 aromatic carbocycles. The van der Waals surface area contributed by atoms with Gasteiger partial charge in [-0.3, -0.25) is 0 Å². The van der Waals surface area contributed by atoms with Gasteiger partial charge in [0, 0.05) is 24.2 Å². The van der Waals surface area contributed by atoms with Gasteiger partial charge in [0.15, 0.2) is 0 Å². The summed E-state index contributed by atoms with van der Waals surface area (Å²) in [6, 6.07) is 23.4. The second-order valence-corrected chi connectivity index (χ2v) is 9.80. The molecule has 5 nitrogen and oxygen atoms in total. The molecule has 0 saturated carbocycles. The third-order valence-corrected chi connectivity index (χ3v) is 6.99. The van der Waals surface area contributed by atoms with E-state index in [1.54, 1.807) is 30.0 Å². The number of hydrogen-bond acceptors (Lipinski definition) is 5. The van der Waals surface area contributed by atoms with Gasteiger partial charge in [0.1, 0.15) is 12.4 Å². The van der Waals surface area contributed by atoms with Crippen LogP contribution < -0.4 is 9.86 Å². The number of aromatic nitrogens is 2. The fourth-order valence-electron chi connectivity index (χ4n) is 3.78. The fraction of sp³-hybridized carbons (Fsp3) is 0.258. The van der Waals surface area contributed by atoms with Crippen molar-refractivity contribution < 1.29 is 14.0 Å². The predicted molar refractivity (Wildman–Crippen MR) is 154 cm³/mol. The molecule has 198 valence electrons. The van der Waals surface area contributed by atoms with Crippen LogP contribution in [-0.4, -0.2) is 29.4 Å². The molecule has 0 N–H and O–H groups in total. The summed E-state index contributed by atoms with van der Waals surface area (Å²) >= 11 is 1.61. The number of benzene rings is 3. The lowest BCUT2D eigenvalue weighted by Gasteiger charge is -2.10. The van der Waals surface area contributed by atoms with E-state index < -0.39 is 0 Å². The quantitative estimate of drug-likeness (QED) is 0.121. The van der Waals surface area contributed by atoms with Gasteiger partial charge in [0.25, 0.3) is 0 Å². The van der Waals surface area contributed by atoms with E-state index in [1.165, 1.54) is 6.20 Å². The third-order valence-electron chi connectivity index (χ3n) is 5.93. The van der Waals surface area contributed by atoms with Gasteiger partial charge < -0.3 is 14.0 Å². The molecule has 1 aromatic heterocycles. The van der Waals surface area contributed by atoms with Crippen LogP contribution in [0.15, 0.2) is 101 Å². The maximum absolute atomic E-state index is 14.8. The lowest BCUT2D eigenvalue weighted by Crippen LogP contribution is -2.07. The van der Waals surface area contributed by atoms with Gasteiger partial charge in [-0.25, -0.2) is 4.98 Å². The van der Waals surface area contributed by atoms with Gasteiger partial charge in [-0.05, 0) is 78.6 Å². The van der Waals surface area contributed by atoms with Crippen molar-refractivity contribution in [2.75, 3.05) is 24.9 Å². The number of ether oxygens (including phenoxy) is 2. The molecule has 0 aliphatic rings. The monoisotopic (exact) mass is 531 g/mol. The maximum atomic E-state index is 14.8. The highest BCUT2D eigenvalue weighted by atomic mass is 32.2. The normalized spacial score (nSPS) is 11.2. The summed E-state index contributed by atoms with van der Waals surface area (Å²) in [5.41, 5.74) is 3.51. The third kappa shape index (κ3) is 7.97. The largest absolute Gasteiger partial charge is 0.491 e. The van der Waals surface area contributed by atoms with Gasteiger partial charge in [-0.15, -0.1) is 0 Å². The van der Waals surface area contributed by atoms with Crippen LogP contribution in [0.5, 0.6) is 5.75 Å². The molecule has 0 spiro atoms. The summed E-state index contributed by atoms with van der Waals surface area (Å²) in [5, 5.41) is 1.70. The molecule has 0 aliphatic carbocycles. The van der Waals surface area contributed by atoms with E-state index in [0.717, 1.165) is 58.4 Å². The van der Waals surface area contributed by atoms with Crippen LogP contribution in [0.4, 0.5) is 10.2 Å². The van der Waals surface area contributed by atoms with E-state index in [4.69, 9.17) is 9.47 Å². The molecule has 38 heavy (non-hydrogen) atoms. The first-order valence-electron chi connectivity index (χ1n) is 13.0. The highest BCUT2D eigenvalue weighted by molar-refractivity contribution is 7.99. The average molecular weight is 532 g/mol. The van der Waals surface area contributed by atoms with Crippen LogP contribution in [-0.2, 0) is 11.3 Å². The molecule has 0 fully saturated rings. The molecule has 0 aliphatic heterocycles. The molecule has 0 unspecified atom stereocenters. The Morgan fingerprint density at radius 3 is 2.53 bits per heavy atom. The van der Waals surface area contributed by atoms with E-state index in [-0.39, 0.29) is 0 Å². The Bertz CT molecular complexity index is 1290. The van der Waals surface area contributed by atoms with Gasteiger partial charge in [0.2, 0.25) is 0 Å². The summed E-state index contributed by atoms with van der Waals surface area (Å²) in [6.07, 6.45) is 9.07. The Balaban J connectivity index is 1.32. The average Bonchev–Trinajstić information content (AvgIpc) is 3.41. The molecule has 0 radical (unpaired) electrons. The lowest BCUT2D eigenvalue weighted by molar-refractivity contribution is 0.0981. The van der Waals surface area contributed by atoms with E-state index >= 15 is 0 Å². The number of anilines is 1. The van der Waals surface area contributed by atoms with Crippen molar-refractivity contribution in [1.82, 2.24) is 9.55 Å². The van der Waals surface area contributed by atoms with Crippen LogP contribution in [0.3, 0.4) is 0 Å². The zero-order valence-electron chi connectivity index (χ0n) is 21.9. The highest BCUT2D eigenvalue weighted by Gasteiger charge is 2.06. The molecule has 1 heterocycles. The summed E-state index contributed by atoms with van der Waals surface area (Å²) in [4.78, 5) is 5.23. The predicted octanol–water partition coefficient (Wildman–Crippen LogP) is 8.28. The first kappa shape index (κ1) is 27.5. The van der Waals surface area contributed by atoms with Crippen LogP contribution in [0.25, 0.3) is 17.2 Å². The Morgan fingerprint density at radius 1 is 0.947 bits per heavy atom. The van der Waals surface area contributed by atoms with Gasteiger partial charge >= 0.3 is 0 Å². The van der Waals surface area contributed by atoms with E-state index in [0.29, 0.717) is 24.0 Å². The smallest absolute Gasteiger partial charge is 0.119 e. The lowest BCUT2D eigenvalue weighted by atomic mass is 10.0. The molecular formula is C31H34FN3O2S. The standard InChI is InChI=1S/C31H34FN3O2S/c1-3-5-19-36-20-21-37-29-13-9-26(10-14-29)27-8-6-7-25(22-27)17-18-35(32)28-11-15-30(16-12-28)38-31-23-33-24-34(31)4-2/h6-18,22-24H,3-5,19-21H2,1-2H3/b18-17-. The summed E-state index contributed by atoms with van der Waals surface area (Å²) in [7, 11) is 0. The Morgan fingerprint density at radius 2 is 1.76 bits per heavy atom. The molecular weight excluding hydrogens is 497 g/mol. The Labute approximate surface area is 228 Å². The van der Waals surface area contributed by atoms with Gasteiger partial charge in [-0.2, -0.15) is 5.12 Å². The number of aryl methyl sites for hydroxylation is 1. The second kappa shape index (κ2) is 14.4. The molecule has 0 saturated heterocycles. The minimum absolute atomic E-state index is 0.470. The number of imidazole rings is 1. The minimum atomic E-state index is 0.470. The molecule has 4 rings (SSSR count). The van der Waals surface area contributed by atoms with E-state index in [1.807, 2.05) is 73.2 Å². The highest BCUT2D eigenvalue weighted by Crippen LogP contribution is 2.30. The van der Waals surface area contributed by atoms with Crippen molar-refractivity contribution in [3.8, 4) is 16.9 Å². The second-order valence-electron chi connectivity index (χ2n) is 8.71. The van der Waals surface area contributed by atoms with Crippen molar-refractivity contribution >= 4 is 23.5 Å². The van der Waals surface area contributed by atoms with Gasteiger partial charge in [0.05, 0.1) is 29.8 Å². The SMILES string of the molecule is CCCCOCCOc1ccc(-c2cccc(/C=C\N(F)c3ccc(Sc4cncn4CC)cc3)c2)cc1. The number of rotatable bonds is 14. The number of unbranched alkanes of at least 4 members (excludes halogenated alkanes) is 1. The van der Waals surface area contributed by atoms with Crippen molar-refractivity contribution in [2.45, 2.75) is 43.2 Å². The molecule has 4 aromatic rings. The van der Waals surface area contributed by atoms with Crippen molar-refractivity contribution in [1.29, 1.82) is 0 Å². The number of hydrogen-bond donors (Lipinski definition) is 0. The number of halogens is 1. The van der Waals surface area contributed by atoms with E-state index in [2.05, 4.69) is 23.4 Å². The molecule has 7 heteroatoms. The van der Waals surface area contributed by atoms with E-state index in [9.17, 15) is 4.48 Å². The number of nitrogens with zero attached hydrogens (tertiary/aromatic N) is 3. The first-order valence-corrected chi connectivity index (χ1v) is 13.8. The van der Waals surface area contributed by atoms with Crippen LogP contribution in [0, 0.1) is 0 Å². The zero-order valence-corrected chi connectivity index (χ0v) is 22.7. The fourth-order valence-corrected chi connectivity index (χ4v) is 4.70. The summed E-state index contributed by atoms with van der Waals surface area (Å²) < 4.78 is 28.2. The molecule has 0 atom stereocenters. The van der Waals surface area contributed by atoms with Crippen LogP contribution in [0.2, 0.25) is 0 Å². The minimum Gasteiger partial charge on any atom is -0.491 e. The summed E-state index contributed by atoms with van der Waals surface area (Å²) in [5.74, 6) is 0.817. The first-order chi connectivity index (χ1) is 18.7. The molecule has 0 amide bonds. The Kier molecular flexibility index (Phi) is 10.4. The van der Waals surface area contributed by atoms with Gasteiger partial charge in [-0.1, -0.05) is 59.9 Å². The Hall–Kier alpha value is -3.55. The zero-order chi connectivity index (χ0) is 26.6. The summed E-state index contributed by atoms with van der Waals surface area (Å²) in [6.45, 7) is 7.00. The van der Waals surface area contributed by atoms with Crippen molar-refractivity contribution in [2.24, 2.45) is 0 Å². The topological polar surface area (TPSA) is 39.5 Å². The maximum Gasteiger partial charge on any atom is 0.119 e. The van der Waals surface area contributed by atoms with Crippen LogP contribution in [0.1, 0.15) is 32.3 Å². The van der Waals surface area contributed by atoms with Crippen LogP contribution >= 0.6 is 11.8 Å². The molecule has 0 bridgehead atoms. The van der Waals surface area contributed by atoms with Crippen molar-refractivity contribution in [3.63, 3.8) is 0 Å². The van der Waals surface area contributed by atoms with Crippen molar-refractivity contribution in [3.05, 3.63) is 97.1 Å².